The summed E-state index contributed by atoms with van der Waals surface area (Å²) in [4.78, 5) is 71.1. The molecule has 4 aromatic rings. The number of carboxylic acid groups (broad SMARTS) is 8. The fourth-order valence-electron chi connectivity index (χ4n) is 4.10. The molecule has 0 aliphatic heterocycles. The van der Waals surface area contributed by atoms with Crippen LogP contribution < -0.4 is 61.3 Å². The van der Waals surface area contributed by atoms with Crippen molar-refractivity contribution < 1.29 is 251 Å². The first-order valence-corrected chi connectivity index (χ1v) is 24.6. The van der Waals surface area contributed by atoms with Crippen molar-refractivity contribution in [1.82, 2.24) is 39.1 Å². The number of nitrogens with zero attached hydrogens (tertiary/aromatic N) is 8. The monoisotopic (exact) mass is 1670 g/mol. The Morgan fingerprint density at radius 3 is 0.448 bits per heavy atom. The molecule has 4 aromatic heterocycles. The molecule has 0 fully saturated rings. The zero-order chi connectivity index (χ0) is 71.8. The van der Waals surface area contributed by atoms with Crippen molar-refractivity contribution in [2.45, 2.75) is 177 Å². The van der Waals surface area contributed by atoms with Gasteiger partial charge >= 0.3 is 98.9 Å². The number of carbonyl (C=O) groups excluding carboxylic acids is 8. The van der Waals surface area contributed by atoms with E-state index < -0.39 is 72.7 Å². The van der Waals surface area contributed by atoms with Gasteiger partial charge in [-0.1, -0.05) is 0 Å². The number of rotatable bonds is 6. The molecule has 2 radical (unpaired) electrons. The van der Waals surface area contributed by atoms with Crippen LogP contribution in [-0.2, 0) is 159 Å². The van der Waals surface area contributed by atoms with Gasteiger partial charge in [0.1, 0.15) is 0 Å². The maximum Gasteiger partial charge on any atom is 3.00 e. The molecule has 0 saturated heterocycles. The fourth-order valence-corrected chi connectivity index (χ4v) is 4.10. The molecule has 18 N–H and O–H groups in total. The van der Waals surface area contributed by atoms with Gasteiger partial charge in [0, 0.05) is 97.0 Å². The minimum absolute atomic E-state index is 0. The van der Waals surface area contributed by atoms with Gasteiger partial charge in [-0.25, -0.2) is 13.2 Å². The zero-order valence-electron chi connectivity index (χ0n) is 57.2. The molecule has 96 heavy (non-hydrogen) atoms. The molecular weight excluding hydrogens is 1570 g/mol. The fraction of sp³-hybridized carbons (Fsp3) is 0.577. The van der Waals surface area contributed by atoms with Gasteiger partial charge in [-0.15, -0.1) is 0 Å². The summed E-state index contributed by atoms with van der Waals surface area (Å²) in [5, 5.41) is 181. The van der Waals surface area contributed by atoms with Crippen LogP contribution in [0.2, 0.25) is 0 Å². The third-order valence-corrected chi connectivity index (χ3v) is 5.63. The van der Waals surface area contributed by atoms with Gasteiger partial charge in [0.15, 0.2) is 0 Å². The van der Waals surface area contributed by atoms with Gasteiger partial charge in [0.05, 0.1) is 22.8 Å². The van der Waals surface area contributed by atoms with Crippen molar-refractivity contribution in [2.75, 3.05) is 26.4 Å². The Bertz CT molecular complexity index is 1910. The second-order valence-corrected chi connectivity index (χ2v) is 14.8. The van der Waals surface area contributed by atoms with Gasteiger partial charge in [-0.05, 0) is 188 Å². The molecule has 0 bridgehead atoms. The summed E-state index contributed by atoms with van der Waals surface area (Å²) in [6.07, 6.45) is -6.07. The molecule has 0 spiro atoms. The number of aliphatic hydroxyl groups is 6. The number of aliphatic hydroxyl groups excluding tert-OH is 6. The van der Waals surface area contributed by atoms with Crippen LogP contribution >= 0.6 is 0 Å². The first kappa shape index (κ1) is 155. The average molecular weight is 1670 g/mol. The molecule has 44 heteroatoms. The molecule has 0 aliphatic carbocycles. The smallest absolute Gasteiger partial charge is 0.834 e. The molecule has 0 aromatic carbocycles. The van der Waals surface area contributed by atoms with E-state index in [1.165, 1.54) is 18.7 Å². The van der Waals surface area contributed by atoms with E-state index in [-0.39, 0.29) is 147 Å². The van der Waals surface area contributed by atoms with E-state index in [4.69, 9.17) is 110 Å². The Kier molecular flexibility index (Phi) is 175. The van der Waals surface area contributed by atoms with Gasteiger partial charge < -0.3 is 152 Å². The van der Waals surface area contributed by atoms with Gasteiger partial charge in [0.25, 0.3) is 0 Å². The van der Waals surface area contributed by atoms with Crippen molar-refractivity contribution in [2.24, 2.45) is 0 Å². The number of aliphatic carboxylic acids is 8. The first-order valence-electron chi connectivity index (χ1n) is 24.6. The van der Waals surface area contributed by atoms with E-state index in [0.717, 1.165) is 91.4 Å². The molecule has 0 aliphatic rings. The molecule has 586 valence electrons. The molecule has 0 amide bonds. The Morgan fingerprint density at radius 1 is 0.344 bits per heavy atom. The normalized spacial score (nSPS) is 8.75. The largest absolute Gasteiger partial charge is 3.00 e. The van der Waals surface area contributed by atoms with Gasteiger partial charge in [0.2, 0.25) is 0 Å². The molecule has 4 rings (SSSR count). The SMILES string of the molecule is CC(=O)[O-].CC(=O)[O-].CC(=O)[O-].CC(=O)[O-].CC(=O)[O-].CC(=O)[O-].CC(=O)[O-].CC(=O)[O-].CCO.CCO.CCO.CCO.C[CH-]O.C[CH-]O.Cc1cc(C)n([C@H]([O-])[C@H]([O-])n2nc(C)cc2C)n1.Cc1cc(C)n([C@H]([O-])[C@H]([O-])n2nc(C)cc2C)n1.[Ni+2].[Ni+2].[Ni+2].[Ni+2].[Ni+3].[Ni+3].[OH3+].[OH3+].[OH3+].[OH3+]. The summed E-state index contributed by atoms with van der Waals surface area (Å²) in [7, 11) is 0. The third kappa shape index (κ3) is 154. The number of carbonyl (C=O) groups is 8. The van der Waals surface area contributed by atoms with Crippen LogP contribution in [0.4, 0.5) is 0 Å². The minimum atomic E-state index is -1.52. The van der Waals surface area contributed by atoms with E-state index in [1.807, 2.05) is 0 Å². The molecule has 0 unspecified atom stereocenters. The van der Waals surface area contributed by atoms with Crippen molar-refractivity contribution in [1.29, 1.82) is 0 Å². The van der Waals surface area contributed by atoms with Crippen molar-refractivity contribution in [3.05, 3.63) is 83.0 Å². The predicted octanol–water partition coefficient (Wildman–Crippen LogP) is -13.1. The van der Waals surface area contributed by atoms with Crippen molar-refractivity contribution in [3.8, 4) is 0 Å². The Balaban J connectivity index is -0.0000000325. The van der Waals surface area contributed by atoms with Crippen LogP contribution in [0.3, 0.4) is 0 Å². The third-order valence-electron chi connectivity index (χ3n) is 5.63. The van der Waals surface area contributed by atoms with Crippen LogP contribution in [0.1, 0.15) is 167 Å². The standard InChI is InChI=1S/2C12H16N4O2.8C2H4O2.4C2H6O.2C2H5O.6Ni.4H2O/c2*1-7-5-9(3)15(13-7)11(17)12(18)16-10(4)6-8(2)14-16;8*1-2(3)4;6*1-2-3;;;;;;;;;;/h2*5-6,11-12H,1-4H3;8*1H3,(H,3,4);4*3H,2H2,1H3;2*2-3H,1H3;;;;;;;4*1H2/q2*-2;;;;;;;;;;;;;2*-1;4*+2;2*+3;;;;/p-4/t2*11-,12+;;;;;;;;;;;;;;;;;;;;;;;;. The van der Waals surface area contributed by atoms with Gasteiger partial charge in [-0.2, -0.15) is 34.2 Å². The van der Waals surface area contributed by atoms with Crippen molar-refractivity contribution >= 4 is 47.8 Å². The Hall–Kier alpha value is -5.00. The number of hydrogen-bond acceptors (Lipinski definition) is 30. The topological polar surface area (TPSA) is 738 Å². The first-order chi connectivity index (χ1) is 39.1. The summed E-state index contributed by atoms with van der Waals surface area (Å²) in [5.41, 5.74) is 5.68. The Labute approximate surface area is 621 Å². The summed E-state index contributed by atoms with van der Waals surface area (Å²) in [6.45, 7) is 34.8. The summed E-state index contributed by atoms with van der Waals surface area (Å²) in [6, 6.07) is 7.11. The number of aromatic nitrogens is 8. The van der Waals surface area contributed by atoms with Crippen LogP contribution in [0.5, 0.6) is 0 Å². The van der Waals surface area contributed by atoms with E-state index in [2.05, 4.69) is 20.4 Å². The zero-order valence-corrected chi connectivity index (χ0v) is 63.2. The number of hydrogen-bond donors (Lipinski definition) is 6. The summed E-state index contributed by atoms with van der Waals surface area (Å²) in [5.74, 6) is -8.67. The van der Waals surface area contributed by atoms with Crippen LogP contribution in [0, 0.1) is 68.6 Å². The van der Waals surface area contributed by atoms with E-state index in [0.29, 0.717) is 22.8 Å². The van der Waals surface area contributed by atoms with Crippen LogP contribution in [0.15, 0.2) is 24.3 Å². The van der Waals surface area contributed by atoms with Crippen LogP contribution in [-0.4, -0.2) is 144 Å². The van der Waals surface area contributed by atoms with E-state index in [9.17, 15) is 20.4 Å². The number of carboxylic acids is 8. The summed E-state index contributed by atoms with van der Waals surface area (Å²) >= 11 is 0. The second kappa shape index (κ2) is 109. The van der Waals surface area contributed by atoms with E-state index >= 15 is 0 Å². The minimum Gasteiger partial charge on any atom is -0.834 e. The quantitative estimate of drug-likeness (QED) is 0.0593. The predicted molar refractivity (Wildman–Crippen MR) is 303 cm³/mol. The van der Waals surface area contributed by atoms with Gasteiger partial charge in [-0.3, -0.25) is 18.7 Å². The maximum absolute atomic E-state index is 12.2. The second-order valence-electron chi connectivity index (χ2n) is 14.8. The van der Waals surface area contributed by atoms with E-state index in [1.54, 1.807) is 121 Å². The average Bonchev–Trinajstić information content (AvgIpc) is 4.07. The number of aryl methyl sites for hydroxylation is 8. The Morgan fingerprint density at radius 2 is 0.406 bits per heavy atom. The molecule has 38 nitrogen and oxygen atoms in total. The molecule has 0 saturated carbocycles. The van der Waals surface area contributed by atoms with Crippen LogP contribution in [0.25, 0.3) is 0 Å². The maximum atomic E-state index is 12.2. The molecule has 4 atom stereocenters. The molecular formula is C52H102N8Ni6O30+4. The summed E-state index contributed by atoms with van der Waals surface area (Å²) < 4.78 is 4.90. The van der Waals surface area contributed by atoms with Crippen molar-refractivity contribution in [3.63, 3.8) is 0 Å². The molecule has 4 heterocycles.